The molecule has 1 unspecified atom stereocenters. The van der Waals surface area contributed by atoms with E-state index in [-0.39, 0.29) is 24.4 Å². The fourth-order valence-corrected chi connectivity index (χ4v) is 6.25. The maximum absolute atomic E-state index is 14.3. The molecule has 39 heavy (non-hydrogen) atoms. The van der Waals surface area contributed by atoms with Gasteiger partial charge in [0.25, 0.3) is 5.91 Å². The van der Waals surface area contributed by atoms with Crippen LogP contribution in [0, 0.1) is 0 Å². The van der Waals surface area contributed by atoms with Gasteiger partial charge in [-0.2, -0.15) is 0 Å². The van der Waals surface area contributed by atoms with Crippen LogP contribution in [0.5, 0.6) is 11.5 Å². The van der Waals surface area contributed by atoms with E-state index in [0.717, 1.165) is 42.5 Å². The van der Waals surface area contributed by atoms with Crippen molar-refractivity contribution < 1.29 is 19.1 Å². The van der Waals surface area contributed by atoms with Gasteiger partial charge in [0.05, 0.1) is 20.8 Å². The largest absolute Gasteiger partial charge is 0.497 e. The zero-order valence-corrected chi connectivity index (χ0v) is 23.9. The smallest absolute Gasteiger partial charge is 0.251 e. The summed E-state index contributed by atoms with van der Waals surface area (Å²) in [7, 11) is 3.18. The molecule has 1 aliphatic heterocycles. The highest BCUT2D eigenvalue weighted by Crippen LogP contribution is 2.49. The molecule has 1 fully saturated rings. The quantitative estimate of drug-likeness (QED) is 0.337. The lowest BCUT2D eigenvalue weighted by Crippen LogP contribution is -2.39. The topological polar surface area (TPSA) is 67.9 Å². The average molecular weight is 568 g/mol. The molecular formula is C31H32Cl2N2O4. The summed E-state index contributed by atoms with van der Waals surface area (Å²) in [6.45, 7) is 2.12. The zero-order valence-electron chi connectivity index (χ0n) is 22.4. The van der Waals surface area contributed by atoms with E-state index in [9.17, 15) is 9.59 Å². The molecule has 5 rings (SSSR count). The lowest BCUT2D eigenvalue weighted by molar-refractivity contribution is -0.121. The van der Waals surface area contributed by atoms with Crippen molar-refractivity contribution in [2.24, 2.45) is 0 Å². The van der Waals surface area contributed by atoms with Crippen LogP contribution in [0.15, 0.2) is 54.6 Å². The Morgan fingerprint density at radius 1 is 0.974 bits per heavy atom. The Morgan fingerprint density at radius 3 is 2.46 bits per heavy atom. The summed E-state index contributed by atoms with van der Waals surface area (Å²) >= 11 is 13.2. The van der Waals surface area contributed by atoms with E-state index in [1.165, 1.54) is 6.42 Å². The first-order valence-electron chi connectivity index (χ1n) is 13.2. The number of hydrogen-bond acceptors (Lipinski definition) is 4. The van der Waals surface area contributed by atoms with Crippen LogP contribution in [0.4, 0.5) is 5.69 Å². The van der Waals surface area contributed by atoms with E-state index in [4.69, 9.17) is 32.7 Å². The fourth-order valence-electron chi connectivity index (χ4n) is 5.77. The van der Waals surface area contributed by atoms with Crippen LogP contribution in [-0.4, -0.2) is 32.1 Å². The molecule has 8 heteroatoms. The van der Waals surface area contributed by atoms with Crippen molar-refractivity contribution in [2.75, 3.05) is 19.1 Å². The molecule has 1 atom stereocenters. The standard InChI is InChI=1S/C31H32Cl2N2O4/c1-31(24-15-19(10-13-26(24)33)29(36)34-22-7-5-4-6-8-22)25-16-21(32)11-14-27(25)35(30(31)37)18-20-9-12-23(38-2)17-28(20)39-3/h9-17,22H,4-8,18H2,1-3H3,(H,34,36). The van der Waals surface area contributed by atoms with Crippen molar-refractivity contribution >= 4 is 40.7 Å². The molecule has 1 aliphatic carbocycles. The van der Waals surface area contributed by atoms with Crippen LogP contribution in [0.25, 0.3) is 0 Å². The minimum atomic E-state index is -1.15. The summed E-state index contributed by atoms with van der Waals surface area (Å²) in [5, 5.41) is 4.09. The van der Waals surface area contributed by atoms with Gasteiger partial charge >= 0.3 is 0 Å². The van der Waals surface area contributed by atoms with Crippen LogP contribution in [0.2, 0.25) is 10.0 Å². The maximum atomic E-state index is 14.3. The monoisotopic (exact) mass is 566 g/mol. The Morgan fingerprint density at radius 2 is 1.74 bits per heavy atom. The molecule has 6 nitrogen and oxygen atoms in total. The minimum absolute atomic E-state index is 0.153. The van der Waals surface area contributed by atoms with Gasteiger partial charge < -0.3 is 19.7 Å². The normalized spacial score (nSPS) is 19.1. The Hall–Kier alpha value is -3.22. The third-order valence-corrected chi connectivity index (χ3v) is 8.56. The number of nitrogens with one attached hydrogen (secondary N) is 1. The van der Waals surface area contributed by atoms with Gasteiger partial charge in [-0.15, -0.1) is 0 Å². The van der Waals surface area contributed by atoms with Crippen LogP contribution < -0.4 is 19.7 Å². The second-order valence-electron chi connectivity index (χ2n) is 10.4. The molecule has 1 N–H and O–H groups in total. The van der Waals surface area contributed by atoms with Crippen molar-refractivity contribution in [1.29, 1.82) is 0 Å². The number of methoxy groups -OCH3 is 2. The second kappa shape index (κ2) is 11.1. The van der Waals surface area contributed by atoms with Crippen molar-refractivity contribution in [3.8, 4) is 11.5 Å². The van der Waals surface area contributed by atoms with Gasteiger partial charge in [-0.3, -0.25) is 9.59 Å². The highest BCUT2D eigenvalue weighted by molar-refractivity contribution is 6.33. The summed E-state index contributed by atoms with van der Waals surface area (Å²) in [5.41, 5.74) is 2.18. The molecule has 2 aliphatic rings. The van der Waals surface area contributed by atoms with Crippen LogP contribution in [-0.2, 0) is 16.8 Å². The van der Waals surface area contributed by atoms with E-state index < -0.39 is 5.41 Å². The first kappa shape index (κ1) is 27.4. The molecule has 0 saturated heterocycles. The first-order valence-corrected chi connectivity index (χ1v) is 14.0. The highest BCUT2D eigenvalue weighted by Gasteiger charge is 2.50. The molecule has 0 radical (unpaired) electrons. The van der Waals surface area contributed by atoms with E-state index in [1.54, 1.807) is 49.5 Å². The van der Waals surface area contributed by atoms with Gasteiger partial charge in [-0.25, -0.2) is 0 Å². The zero-order chi connectivity index (χ0) is 27.7. The molecule has 2 amide bonds. The number of rotatable bonds is 7. The fraction of sp³-hybridized carbons (Fsp3) is 0.355. The Labute approximate surface area is 239 Å². The summed E-state index contributed by atoms with van der Waals surface area (Å²) in [5.74, 6) is 0.963. The molecule has 0 bridgehead atoms. The number of halogens is 2. The molecular weight excluding hydrogens is 535 g/mol. The molecule has 0 aromatic heterocycles. The third kappa shape index (κ3) is 5.08. The number of ether oxygens (including phenoxy) is 2. The van der Waals surface area contributed by atoms with Gasteiger partial charge in [0.15, 0.2) is 0 Å². The lowest BCUT2D eigenvalue weighted by atomic mass is 9.76. The van der Waals surface area contributed by atoms with Gasteiger partial charge in [-0.05, 0) is 79.4 Å². The number of nitrogens with zero attached hydrogens (tertiary/aromatic N) is 1. The second-order valence-corrected chi connectivity index (χ2v) is 11.2. The van der Waals surface area contributed by atoms with E-state index in [0.29, 0.717) is 32.7 Å². The Bertz CT molecular complexity index is 1420. The predicted molar refractivity (Wildman–Crippen MR) is 154 cm³/mol. The van der Waals surface area contributed by atoms with Gasteiger partial charge in [0.1, 0.15) is 16.9 Å². The Kier molecular flexibility index (Phi) is 7.79. The summed E-state index contributed by atoms with van der Waals surface area (Å²) < 4.78 is 10.9. The summed E-state index contributed by atoms with van der Waals surface area (Å²) in [6.07, 6.45) is 5.42. The van der Waals surface area contributed by atoms with Gasteiger partial charge in [0, 0.05) is 39.0 Å². The molecule has 3 aromatic carbocycles. The molecule has 3 aromatic rings. The van der Waals surface area contributed by atoms with Gasteiger partial charge in [0.2, 0.25) is 5.91 Å². The number of hydrogen-bond donors (Lipinski definition) is 1. The SMILES string of the molecule is COc1ccc(CN2C(=O)C(C)(c3cc(C(=O)NC4CCCCC4)ccc3Cl)c3cc(Cl)ccc32)c(OC)c1. The van der Waals surface area contributed by atoms with Crippen LogP contribution in [0.1, 0.15) is 66.1 Å². The number of fused-ring (bicyclic) bond motifs is 1. The molecule has 1 saturated carbocycles. The lowest BCUT2D eigenvalue weighted by Gasteiger charge is -2.27. The maximum Gasteiger partial charge on any atom is 0.251 e. The summed E-state index contributed by atoms with van der Waals surface area (Å²) in [6, 6.07) is 16.3. The van der Waals surface area contributed by atoms with Crippen LogP contribution in [0.3, 0.4) is 0 Å². The number of amides is 2. The number of anilines is 1. The molecule has 1 heterocycles. The number of carbonyl (C=O) groups is 2. The Balaban J connectivity index is 1.54. The minimum Gasteiger partial charge on any atom is -0.497 e. The van der Waals surface area contributed by atoms with Crippen molar-refractivity contribution in [2.45, 2.75) is 57.0 Å². The van der Waals surface area contributed by atoms with Crippen molar-refractivity contribution in [3.05, 3.63) is 86.9 Å². The number of carbonyl (C=O) groups excluding carboxylic acids is 2. The van der Waals surface area contributed by atoms with Crippen molar-refractivity contribution in [1.82, 2.24) is 5.32 Å². The van der Waals surface area contributed by atoms with Crippen molar-refractivity contribution in [3.63, 3.8) is 0 Å². The summed E-state index contributed by atoms with van der Waals surface area (Å²) in [4.78, 5) is 29.3. The first-order chi connectivity index (χ1) is 18.8. The molecule has 204 valence electrons. The van der Waals surface area contributed by atoms with Gasteiger partial charge in [-0.1, -0.05) is 42.5 Å². The number of benzene rings is 3. The van der Waals surface area contributed by atoms with E-state index >= 15 is 0 Å². The van der Waals surface area contributed by atoms with E-state index in [2.05, 4.69) is 5.32 Å². The predicted octanol–water partition coefficient (Wildman–Crippen LogP) is 6.93. The highest BCUT2D eigenvalue weighted by atomic mass is 35.5. The van der Waals surface area contributed by atoms with Crippen LogP contribution >= 0.6 is 23.2 Å². The average Bonchev–Trinajstić information content (AvgIpc) is 3.15. The molecule has 0 spiro atoms. The third-order valence-electron chi connectivity index (χ3n) is 7.99. The van der Waals surface area contributed by atoms with E-state index in [1.807, 2.05) is 31.2 Å².